The van der Waals surface area contributed by atoms with Crippen molar-refractivity contribution in [2.75, 3.05) is 76.5 Å². The van der Waals surface area contributed by atoms with Gasteiger partial charge in [0.2, 0.25) is 35.4 Å². The molecule has 3 aliphatic heterocycles. The average Bonchev–Trinajstić information content (AvgIpc) is 1.52. The van der Waals surface area contributed by atoms with Gasteiger partial charge in [-0.3, -0.25) is 38.9 Å². The minimum absolute atomic E-state index is 0.0127. The fourth-order valence-electron chi connectivity index (χ4n) is 13.0. The summed E-state index contributed by atoms with van der Waals surface area (Å²) < 4.78 is 33.3. The van der Waals surface area contributed by atoms with Crippen molar-refractivity contribution in [1.29, 1.82) is 0 Å². The van der Waals surface area contributed by atoms with Gasteiger partial charge in [-0.2, -0.15) is 0 Å². The van der Waals surface area contributed by atoms with Gasteiger partial charge in [-0.1, -0.05) is 106 Å². The number of ketones is 1. The number of amides is 6. The number of likely N-dealkylation sites (tertiary alicyclic amines) is 1. The predicted octanol–water partition coefficient (Wildman–Crippen LogP) is 7.55. The highest BCUT2D eigenvalue weighted by atomic mass is 35.5. The van der Waals surface area contributed by atoms with E-state index in [1.54, 1.807) is 80.9 Å². The molecule has 5 aromatic rings. The number of Topliss-reactive ketones (excluding diaryl/α,β-unsaturated/α-hetero) is 1. The zero-order chi connectivity index (χ0) is 63.6. The van der Waals surface area contributed by atoms with E-state index < -0.39 is 82.0 Å². The quantitative estimate of drug-likeness (QED) is 0.0196. The molecular formula is C65H78Cl2FN9O11S. The molecule has 89 heavy (non-hydrogen) atoms. The van der Waals surface area contributed by atoms with Gasteiger partial charge in [0, 0.05) is 66.4 Å². The topological polar surface area (TPSA) is 268 Å². The van der Waals surface area contributed by atoms with Crippen LogP contribution in [0.25, 0.3) is 10.4 Å². The van der Waals surface area contributed by atoms with Gasteiger partial charge in [-0.25, -0.2) is 9.37 Å². The Labute approximate surface area is 531 Å². The molecule has 2 spiro atoms. The zero-order valence-corrected chi connectivity index (χ0v) is 52.9. The standard InChI is InChI=1S/C65H78Cl2FN9O11S/c1-38-57(89-37-71-38)42-14-12-40(13-15-42)49(74-59(82)51-33-45(79)36-77(51)61(84)58(63(3,4)5)72-39(2)78)34-53(81)70-25-27-87-29-31-88-30-28-86-26-24-69-35-52(80)41-16-19-44(20-17-41)73-60(83)56-54(46-10-9-11-48(67)55(46)68)65(64(76-56)22-7-6-8-23-64)47-21-18-43(66)32-50(47)75-62(65)85/h9-21,32,37,45,49,51,54,56,58,69,76,79H,6-8,22-31,33-36H2,1-5H3,(H,70,81)(H,72,78)(H,73,83)(H,74,82)(H,75,85)/t45-,49+,51+,54+,56-,58-,65-/m1/s1. The van der Waals surface area contributed by atoms with Gasteiger partial charge in [0.05, 0.1) is 91.9 Å². The van der Waals surface area contributed by atoms with Crippen molar-refractivity contribution in [3.05, 3.63) is 134 Å². The fraction of sp³-hybridized carbons (Fsp3) is 0.477. The maximum atomic E-state index is 16.3. The van der Waals surface area contributed by atoms with Crippen LogP contribution in [-0.2, 0) is 48.4 Å². The molecule has 0 unspecified atom stereocenters. The first-order chi connectivity index (χ1) is 42.6. The number of carbonyl (C=O) groups is 7. The lowest BCUT2D eigenvalue weighted by Gasteiger charge is -2.47. The number of hydrogen-bond donors (Lipinski definition) is 8. The highest BCUT2D eigenvalue weighted by Crippen LogP contribution is 2.63. The van der Waals surface area contributed by atoms with Crippen LogP contribution in [0.1, 0.15) is 117 Å². The van der Waals surface area contributed by atoms with Crippen LogP contribution in [0, 0.1) is 18.2 Å². The first-order valence-electron chi connectivity index (χ1n) is 30.2. The van der Waals surface area contributed by atoms with Crippen LogP contribution in [0.4, 0.5) is 15.8 Å². The van der Waals surface area contributed by atoms with E-state index in [1.165, 1.54) is 29.2 Å². The Hall–Kier alpha value is -6.73. The van der Waals surface area contributed by atoms with Crippen LogP contribution in [0.2, 0.25) is 10.0 Å². The van der Waals surface area contributed by atoms with E-state index >= 15 is 4.39 Å². The molecule has 1 aromatic heterocycles. The molecule has 24 heteroatoms. The van der Waals surface area contributed by atoms with Crippen LogP contribution >= 0.6 is 34.5 Å². The second kappa shape index (κ2) is 29.5. The van der Waals surface area contributed by atoms with Gasteiger partial charge in [-0.15, -0.1) is 11.3 Å². The maximum Gasteiger partial charge on any atom is 0.246 e. The lowest BCUT2D eigenvalue weighted by Crippen LogP contribution is -2.60. The van der Waals surface area contributed by atoms with Crippen LogP contribution in [0.15, 0.2) is 90.4 Å². The normalized spacial score (nSPS) is 20.9. The molecule has 4 aliphatic rings. The number of fused-ring (bicyclic) bond motifs is 3. The number of aromatic nitrogens is 1. The lowest BCUT2D eigenvalue weighted by atomic mass is 9.55. The molecular weight excluding hydrogens is 1200 g/mol. The second-order valence-electron chi connectivity index (χ2n) is 24.2. The summed E-state index contributed by atoms with van der Waals surface area (Å²) in [6.45, 7) is 10.8. The fourth-order valence-corrected chi connectivity index (χ4v) is 14.1. The van der Waals surface area contributed by atoms with Gasteiger partial charge in [-0.05, 0) is 89.9 Å². The monoisotopic (exact) mass is 1280 g/mol. The van der Waals surface area contributed by atoms with Crippen LogP contribution < -0.4 is 37.2 Å². The minimum Gasteiger partial charge on any atom is -0.391 e. The third kappa shape index (κ3) is 15.2. The van der Waals surface area contributed by atoms with Crippen molar-refractivity contribution < 1.29 is 57.3 Å². The number of nitrogens with zero attached hydrogens (tertiary/aromatic N) is 2. The summed E-state index contributed by atoms with van der Waals surface area (Å²) in [5.74, 6) is -4.44. The number of rotatable bonds is 26. The molecule has 20 nitrogen and oxygen atoms in total. The first-order valence-corrected chi connectivity index (χ1v) is 31.8. The summed E-state index contributed by atoms with van der Waals surface area (Å²) >= 11 is 14.3. The van der Waals surface area contributed by atoms with E-state index in [-0.39, 0.29) is 80.5 Å². The number of anilines is 2. The Morgan fingerprint density at radius 1 is 0.865 bits per heavy atom. The van der Waals surface area contributed by atoms with Crippen LogP contribution in [0.5, 0.6) is 0 Å². The number of hydrogen-bond acceptors (Lipinski definition) is 15. The number of aliphatic hydroxyl groups is 1. The third-order valence-electron chi connectivity index (χ3n) is 17.2. The Kier molecular flexibility index (Phi) is 22.1. The summed E-state index contributed by atoms with van der Waals surface area (Å²) in [4.78, 5) is 103. The molecule has 6 amide bonds. The van der Waals surface area contributed by atoms with Gasteiger partial charge in [0.1, 0.15) is 23.3 Å². The van der Waals surface area contributed by atoms with Gasteiger partial charge in [0.25, 0.3) is 0 Å². The van der Waals surface area contributed by atoms with Gasteiger partial charge >= 0.3 is 0 Å². The van der Waals surface area contributed by atoms with Crippen LogP contribution in [0.3, 0.4) is 0 Å². The van der Waals surface area contributed by atoms with Crippen molar-refractivity contribution in [3.8, 4) is 10.4 Å². The maximum absolute atomic E-state index is 16.3. The highest BCUT2D eigenvalue weighted by Gasteiger charge is 2.72. The second-order valence-corrected chi connectivity index (χ2v) is 25.9. The van der Waals surface area contributed by atoms with Crippen molar-refractivity contribution in [3.63, 3.8) is 0 Å². The SMILES string of the molecule is CC(=O)N[C@H](C(=O)N1C[C@H](O)C[C@H]1C(=O)N[C@@H](CC(=O)NCCOCCOCCOCCNCC(=O)c1ccc(NC(=O)[C@@H]2NC3(CCCCC3)[C@@]3(C(=O)Nc4cc(Cl)ccc43)[C@H]2c2cccc(Cl)c2F)cc1)c1ccc(-c2scnc2C)cc1)C(C)(C)C. The number of halogens is 3. The molecule has 1 saturated carbocycles. The Balaban J connectivity index is 0.682. The van der Waals surface area contributed by atoms with E-state index in [0.717, 1.165) is 35.4 Å². The van der Waals surface area contributed by atoms with Crippen molar-refractivity contribution in [1.82, 2.24) is 36.5 Å². The number of aryl methyl sites for hydroxylation is 1. The van der Waals surface area contributed by atoms with E-state index in [0.29, 0.717) is 72.3 Å². The molecule has 2 saturated heterocycles. The number of β-amino-alcohol motifs (C(OH)–C–C–N with tert-alkyl or cyclic N) is 1. The van der Waals surface area contributed by atoms with Crippen molar-refractivity contribution >= 4 is 87.1 Å². The molecule has 476 valence electrons. The Morgan fingerprint density at radius 2 is 1.55 bits per heavy atom. The zero-order valence-electron chi connectivity index (χ0n) is 50.6. The van der Waals surface area contributed by atoms with Gasteiger partial charge in [0.15, 0.2) is 5.78 Å². The Bertz CT molecular complexity index is 3380. The molecule has 7 atom stereocenters. The summed E-state index contributed by atoms with van der Waals surface area (Å²) in [6.07, 6.45) is 2.62. The van der Waals surface area contributed by atoms with Crippen LogP contribution in [-0.4, -0.2) is 152 Å². The third-order valence-corrected chi connectivity index (χ3v) is 18.7. The van der Waals surface area contributed by atoms with E-state index in [4.69, 9.17) is 37.4 Å². The highest BCUT2D eigenvalue weighted by molar-refractivity contribution is 7.13. The smallest absolute Gasteiger partial charge is 0.246 e. The lowest BCUT2D eigenvalue weighted by molar-refractivity contribution is -0.144. The van der Waals surface area contributed by atoms with E-state index in [2.05, 4.69) is 42.2 Å². The number of aliphatic hydroxyl groups excluding tert-OH is 1. The predicted molar refractivity (Wildman–Crippen MR) is 337 cm³/mol. The average molecular weight is 1280 g/mol. The Morgan fingerprint density at radius 3 is 2.21 bits per heavy atom. The molecule has 0 radical (unpaired) electrons. The van der Waals surface area contributed by atoms with Gasteiger partial charge < -0.3 is 56.1 Å². The molecule has 1 aliphatic carbocycles. The summed E-state index contributed by atoms with van der Waals surface area (Å²) in [5.41, 5.74) is 3.44. The summed E-state index contributed by atoms with van der Waals surface area (Å²) in [5, 5.41) is 32.3. The molecule has 3 fully saturated rings. The van der Waals surface area contributed by atoms with Crippen molar-refractivity contribution in [2.24, 2.45) is 5.41 Å². The summed E-state index contributed by atoms with van der Waals surface area (Å²) in [7, 11) is 0. The number of thiazole rings is 1. The number of benzene rings is 4. The molecule has 9 rings (SSSR count). The number of nitrogens with one attached hydrogen (secondary N) is 7. The largest absolute Gasteiger partial charge is 0.391 e. The van der Waals surface area contributed by atoms with E-state index in [9.17, 15) is 38.7 Å². The molecule has 4 aromatic carbocycles. The minimum atomic E-state index is -1.37. The van der Waals surface area contributed by atoms with Crippen molar-refractivity contribution in [2.45, 2.75) is 127 Å². The van der Waals surface area contributed by atoms with E-state index in [1.807, 2.05) is 31.2 Å². The number of ether oxygens (including phenoxy) is 3. The first kappa shape index (κ1) is 66.7. The molecule has 4 heterocycles. The molecule has 0 bridgehead atoms. The number of carbonyl (C=O) groups excluding carboxylic acids is 7. The molecule has 8 N–H and O–H groups in total. The summed E-state index contributed by atoms with van der Waals surface area (Å²) in [6, 6.07) is 20.0.